The number of ether oxygens (including phenoxy) is 1. The van der Waals surface area contributed by atoms with E-state index in [4.69, 9.17) is 4.74 Å². The van der Waals surface area contributed by atoms with Crippen molar-refractivity contribution in [2.45, 2.75) is 0 Å². The van der Waals surface area contributed by atoms with Gasteiger partial charge < -0.3 is 10.1 Å². The van der Waals surface area contributed by atoms with Gasteiger partial charge in [0.05, 0.1) is 5.52 Å². The lowest BCUT2D eigenvalue weighted by atomic mass is 9.95. The summed E-state index contributed by atoms with van der Waals surface area (Å²) in [5, 5.41) is 3.45. The molecule has 8 heteroatoms. The van der Waals surface area contributed by atoms with Gasteiger partial charge in [-0.15, -0.1) is 0 Å². The molecule has 36 heavy (non-hydrogen) atoms. The molecule has 0 aliphatic carbocycles. The Balaban J connectivity index is 1.57. The zero-order valence-electron chi connectivity index (χ0n) is 18.8. The molecule has 1 N–H and O–H groups in total. The molecule has 3 aromatic carbocycles. The summed E-state index contributed by atoms with van der Waals surface area (Å²) in [7, 11) is 0. The lowest BCUT2D eigenvalue weighted by Crippen LogP contribution is -2.07. The monoisotopic (exact) mass is 480 g/mol. The summed E-state index contributed by atoms with van der Waals surface area (Å²) in [4.78, 5) is 24.1. The van der Waals surface area contributed by atoms with Gasteiger partial charge in [-0.3, -0.25) is 4.79 Å². The largest absolute Gasteiger partial charge is 0.436 e. The van der Waals surface area contributed by atoms with Crippen LogP contribution in [0.15, 0.2) is 98.1 Å². The van der Waals surface area contributed by atoms with E-state index in [-0.39, 0.29) is 17.5 Å². The van der Waals surface area contributed by atoms with Gasteiger partial charge in [0.25, 0.3) is 5.88 Å². The Labute approximate surface area is 205 Å². The molecule has 2 heterocycles. The molecule has 0 aliphatic heterocycles. The SMILES string of the molecule is C=CC(=O)Nc1cccc(-c2cc(-c3ccc(Oc4ncccc4F)cc3F)cc3cncnc23)c1. The Bertz CT molecular complexity index is 1620. The number of amides is 1. The maximum atomic E-state index is 15.2. The van der Waals surface area contributed by atoms with Crippen LogP contribution in [-0.4, -0.2) is 20.9 Å². The van der Waals surface area contributed by atoms with Crippen molar-refractivity contribution in [1.29, 1.82) is 0 Å². The molecule has 0 radical (unpaired) electrons. The Morgan fingerprint density at radius 1 is 0.917 bits per heavy atom. The summed E-state index contributed by atoms with van der Waals surface area (Å²) in [6.07, 6.45) is 5.67. The molecular weight excluding hydrogens is 462 g/mol. The first-order valence-electron chi connectivity index (χ1n) is 10.9. The number of carbonyl (C=O) groups excluding carboxylic acids is 1. The van der Waals surface area contributed by atoms with Crippen LogP contribution in [0.5, 0.6) is 11.6 Å². The second-order valence-corrected chi connectivity index (χ2v) is 7.79. The van der Waals surface area contributed by atoms with E-state index in [1.807, 2.05) is 12.1 Å². The molecule has 5 aromatic rings. The first kappa shape index (κ1) is 22.8. The fraction of sp³-hybridized carbons (Fsp3) is 0. The highest BCUT2D eigenvalue weighted by atomic mass is 19.1. The van der Waals surface area contributed by atoms with Crippen molar-refractivity contribution in [3.63, 3.8) is 0 Å². The topological polar surface area (TPSA) is 77.0 Å². The molecule has 1 amide bonds. The van der Waals surface area contributed by atoms with Gasteiger partial charge in [0.2, 0.25) is 5.91 Å². The first-order chi connectivity index (χ1) is 17.5. The van der Waals surface area contributed by atoms with E-state index in [0.29, 0.717) is 27.7 Å². The van der Waals surface area contributed by atoms with E-state index < -0.39 is 11.6 Å². The predicted molar refractivity (Wildman–Crippen MR) is 133 cm³/mol. The van der Waals surface area contributed by atoms with E-state index in [1.165, 1.54) is 36.8 Å². The van der Waals surface area contributed by atoms with Gasteiger partial charge in [-0.2, -0.15) is 0 Å². The number of benzene rings is 3. The third kappa shape index (κ3) is 4.65. The number of hydrogen-bond acceptors (Lipinski definition) is 5. The molecule has 0 spiro atoms. The molecule has 0 atom stereocenters. The van der Waals surface area contributed by atoms with Crippen molar-refractivity contribution in [2.75, 3.05) is 5.32 Å². The minimum atomic E-state index is -0.646. The normalized spacial score (nSPS) is 10.7. The van der Waals surface area contributed by atoms with Gasteiger partial charge in [-0.1, -0.05) is 18.7 Å². The zero-order valence-corrected chi connectivity index (χ0v) is 18.8. The highest BCUT2D eigenvalue weighted by Crippen LogP contribution is 2.36. The fourth-order valence-corrected chi connectivity index (χ4v) is 3.79. The van der Waals surface area contributed by atoms with Crippen molar-refractivity contribution in [1.82, 2.24) is 15.0 Å². The van der Waals surface area contributed by atoms with Gasteiger partial charge in [0.15, 0.2) is 5.82 Å². The summed E-state index contributed by atoms with van der Waals surface area (Å²) >= 11 is 0. The van der Waals surface area contributed by atoms with E-state index in [0.717, 1.165) is 11.1 Å². The Morgan fingerprint density at radius 2 is 1.81 bits per heavy atom. The molecule has 0 saturated carbocycles. The van der Waals surface area contributed by atoms with Crippen molar-refractivity contribution < 1.29 is 18.3 Å². The Kier molecular flexibility index (Phi) is 6.15. The van der Waals surface area contributed by atoms with Crippen LogP contribution in [0.1, 0.15) is 0 Å². The summed E-state index contributed by atoms with van der Waals surface area (Å²) in [6.45, 7) is 3.47. The molecule has 5 rings (SSSR count). The van der Waals surface area contributed by atoms with Crippen LogP contribution in [0.3, 0.4) is 0 Å². The number of rotatable bonds is 6. The van der Waals surface area contributed by atoms with Crippen molar-refractivity contribution in [3.8, 4) is 33.9 Å². The fourth-order valence-electron chi connectivity index (χ4n) is 3.79. The average molecular weight is 480 g/mol. The molecule has 0 fully saturated rings. The second-order valence-electron chi connectivity index (χ2n) is 7.79. The minimum Gasteiger partial charge on any atom is -0.436 e. The summed E-state index contributed by atoms with van der Waals surface area (Å²) in [5.74, 6) is -1.66. The number of aromatic nitrogens is 3. The van der Waals surface area contributed by atoms with Crippen LogP contribution in [0, 0.1) is 11.6 Å². The van der Waals surface area contributed by atoms with Crippen LogP contribution in [0.25, 0.3) is 33.2 Å². The van der Waals surface area contributed by atoms with Crippen LogP contribution < -0.4 is 10.1 Å². The summed E-state index contributed by atoms with van der Waals surface area (Å²) < 4.78 is 34.5. The lowest BCUT2D eigenvalue weighted by Gasteiger charge is -2.13. The highest BCUT2D eigenvalue weighted by Gasteiger charge is 2.14. The van der Waals surface area contributed by atoms with Gasteiger partial charge >= 0.3 is 0 Å². The Morgan fingerprint density at radius 3 is 2.61 bits per heavy atom. The van der Waals surface area contributed by atoms with Crippen molar-refractivity contribution >= 4 is 22.5 Å². The molecule has 0 saturated heterocycles. The highest BCUT2D eigenvalue weighted by molar-refractivity contribution is 6.01. The minimum absolute atomic E-state index is 0.115. The summed E-state index contributed by atoms with van der Waals surface area (Å²) in [5.41, 5.74) is 3.66. The van der Waals surface area contributed by atoms with Crippen LogP contribution in [-0.2, 0) is 4.79 Å². The number of nitrogens with zero attached hydrogens (tertiary/aromatic N) is 3. The zero-order chi connectivity index (χ0) is 25.1. The third-order valence-corrected chi connectivity index (χ3v) is 5.42. The predicted octanol–water partition coefficient (Wildman–Crippen LogP) is 6.55. The van der Waals surface area contributed by atoms with Crippen LogP contribution in [0.4, 0.5) is 14.5 Å². The molecule has 0 bridgehead atoms. The van der Waals surface area contributed by atoms with Crippen LogP contribution in [0.2, 0.25) is 0 Å². The van der Waals surface area contributed by atoms with Crippen LogP contribution >= 0.6 is 0 Å². The lowest BCUT2D eigenvalue weighted by molar-refractivity contribution is -0.111. The summed E-state index contributed by atoms with van der Waals surface area (Å²) in [6, 6.07) is 17.8. The Hall–Kier alpha value is -4.98. The molecule has 0 aliphatic rings. The smallest absolute Gasteiger partial charge is 0.255 e. The standard InChI is InChI=1S/C28H18F2N4O2/c1-2-26(35)34-20-6-3-5-17(12-20)23-13-18(11-19-15-31-16-33-27(19)23)22-9-8-21(14-25(22)30)36-28-24(29)7-4-10-32-28/h2-16H,1H2,(H,34,35). The third-order valence-electron chi connectivity index (χ3n) is 5.42. The maximum Gasteiger partial charge on any atom is 0.255 e. The van der Waals surface area contributed by atoms with Gasteiger partial charge in [0.1, 0.15) is 17.9 Å². The number of hydrogen-bond donors (Lipinski definition) is 1. The number of nitrogens with one attached hydrogen (secondary N) is 1. The van der Waals surface area contributed by atoms with E-state index >= 15 is 4.39 Å². The molecule has 2 aromatic heterocycles. The quantitative estimate of drug-likeness (QED) is 0.279. The van der Waals surface area contributed by atoms with Crippen molar-refractivity contribution in [2.24, 2.45) is 0 Å². The van der Waals surface area contributed by atoms with Crippen molar-refractivity contribution in [3.05, 3.63) is 110 Å². The van der Waals surface area contributed by atoms with Gasteiger partial charge in [0, 0.05) is 40.7 Å². The number of halogens is 2. The average Bonchev–Trinajstić information content (AvgIpc) is 2.89. The van der Waals surface area contributed by atoms with Gasteiger partial charge in [-0.05, 0) is 65.7 Å². The number of anilines is 1. The number of carbonyl (C=O) groups is 1. The number of pyridine rings is 1. The molecule has 176 valence electrons. The van der Waals surface area contributed by atoms with Gasteiger partial charge in [-0.25, -0.2) is 23.7 Å². The van der Waals surface area contributed by atoms with E-state index in [2.05, 4.69) is 26.8 Å². The molecule has 6 nitrogen and oxygen atoms in total. The molecule has 0 unspecified atom stereocenters. The first-order valence-corrected chi connectivity index (χ1v) is 10.9. The maximum absolute atomic E-state index is 15.2. The number of fused-ring (bicyclic) bond motifs is 1. The molecular formula is C28H18F2N4O2. The van der Waals surface area contributed by atoms with E-state index in [1.54, 1.807) is 42.6 Å². The second kappa shape index (κ2) is 9.71. The van der Waals surface area contributed by atoms with E-state index in [9.17, 15) is 9.18 Å².